The number of carbonyl (C=O) groups is 1. The molecule has 0 radical (unpaired) electrons. The molecular formula is C16H19N3O3. The van der Waals surface area contributed by atoms with Crippen molar-refractivity contribution >= 4 is 17.5 Å². The first-order chi connectivity index (χ1) is 10.6. The van der Waals surface area contributed by atoms with E-state index in [0.29, 0.717) is 23.7 Å². The third-order valence-electron chi connectivity index (χ3n) is 3.23. The van der Waals surface area contributed by atoms with Gasteiger partial charge in [0.05, 0.1) is 25.0 Å². The summed E-state index contributed by atoms with van der Waals surface area (Å²) in [6, 6.07) is 7.23. The summed E-state index contributed by atoms with van der Waals surface area (Å²) in [6.07, 6.45) is 0. The number of H-pyrrole nitrogens is 1. The minimum atomic E-state index is -0.348. The second-order valence-corrected chi connectivity index (χ2v) is 4.72. The molecule has 0 saturated heterocycles. The molecule has 0 spiro atoms. The highest BCUT2D eigenvalue weighted by Crippen LogP contribution is 2.27. The largest absolute Gasteiger partial charge is 0.497 e. The lowest BCUT2D eigenvalue weighted by Crippen LogP contribution is -2.06. The number of hydrogen-bond acceptors (Lipinski definition) is 5. The molecule has 1 aromatic carbocycles. The number of carbonyl (C=O) groups excluding carboxylic acids is 1. The summed E-state index contributed by atoms with van der Waals surface area (Å²) in [5.41, 5.74) is 2.67. The Labute approximate surface area is 129 Å². The third-order valence-corrected chi connectivity index (χ3v) is 3.23. The summed E-state index contributed by atoms with van der Waals surface area (Å²) >= 11 is 0. The zero-order valence-corrected chi connectivity index (χ0v) is 13.1. The normalized spacial score (nSPS) is 10.9. The summed E-state index contributed by atoms with van der Waals surface area (Å²) in [5, 5.41) is 8.33. The van der Waals surface area contributed by atoms with Gasteiger partial charge in [0.2, 0.25) is 0 Å². The Morgan fingerprint density at radius 1 is 1.18 bits per heavy atom. The number of hydrogen-bond donors (Lipinski definition) is 1. The van der Waals surface area contributed by atoms with E-state index in [9.17, 15) is 4.79 Å². The highest BCUT2D eigenvalue weighted by Gasteiger charge is 2.19. The molecule has 1 aromatic heterocycles. The molecule has 0 aliphatic heterocycles. The number of benzene rings is 1. The molecule has 22 heavy (non-hydrogen) atoms. The Bertz CT molecular complexity index is 687. The van der Waals surface area contributed by atoms with Crippen LogP contribution in [0.2, 0.25) is 0 Å². The Kier molecular flexibility index (Phi) is 4.93. The van der Waals surface area contributed by atoms with Gasteiger partial charge in [0, 0.05) is 11.3 Å². The first-order valence-electron chi connectivity index (χ1n) is 6.98. The highest BCUT2D eigenvalue weighted by molar-refractivity contribution is 5.93. The lowest BCUT2D eigenvalue weighted by Gasteiger charge is -2.01. The number of esters is 1. The molecule has 6 nitrogen and oxygen atoms in total. The minimum absolute atomic E-state index is 0.339. The number of methoxy groups -OCH3 is 1. The van der Waals surface area contributed by atoms with Gasteiger partial charge >= 0.3 is 5.97 Å². The van der Waals surface area contributed by atoms with E-state index < -0.39 is 0 Å². The SMILES string of the molecule is CCOC(=O)c1c(C)[nH]c(N=Nc2ccc(OC)cc2)c1C. The van der Waals surface area contributed by atoms with E-state index in [1.54, 1.807) is 26.2 Å². The van der Waals surface area contributed by atoms with Gasteiger partial charge in [-0.25, -0.2) is 4.79 Å². The molecule has 0 fully saturated rings. The first-order valence-corrected chi connectivity index (χ1v) is 6.98. The van der Waals surface area contributed by atoms with E-state index >= 15 is 0 Å². The van der Waals surface area contributed by atoms with Crippen molar-refractivity contribution < 1.29 is 14.3 Å². The number of ether oxygens (including phenoxy) is 2. The van der Waals surface area contributed by atoms with Crippen molar-refractivity contribution in [3.8, 4) is 5.75 Å². The maximum Gasteiger partial charge on any atom is 0.340 e. The van der Waals surface area contributed by atoms with Crippen LogP contribution in [0.3, 0.4) is 0 Å². The van der Waals surface area contributed by atoms with Crippen molar-refractivity contribution in [3.63, 3.8) is 0 Å². The third kappa shape index (κ3) is 3.33. The number of azo groups is 1. The van der Waals surface area contributed by atoms with Crippen LogP contribution in [0.5, 0.6) is 5.75 Å². The summed E-state index contributed by atoms with van der Waals surface area (Å²) in [4.78, 5) is 15.0. The van der Waals surface area contributed by atoms with Crippen molar-refractivity contribution in [2.45, 2.75) is 20.8 Å². The van der Waals surface area contributed by atoms with Crippen molar-refractivity contribution in [3.05, 3.63) is 41.1 Å². The quantitative estimate of drug-likeness (QED) is 0.663. The first kappa shape index (κ1) is 15.8. The molecule has 0 amide bonds. The lowest BCUT2D eigenvalue weighted by atomic mass is 10.1. The zero-order valence-electron chi connectivity index (χ0n) is 13.1. The summed E-state index contributed by atoms with van der Waals surface area (Å²) < 4.78 is 10.1. The van der Waals surface area contributed by atoms with Gasteiger partial charge in [0.15, 0.2) is 5.82 Å². The van der Waals surface area contributed by atoms with Crippen LogP contribution in [0.1, 0.15) is 28.5 Å². The Morgan fingerprint density at radius 2 is 1.86 bits per heavy atom. The molecule has 0 atom stereocenters. The highest BCUT2D eigenvalue weighted by atomic mass is 16.5. The molecule has 6 heteroatoms. The predicted octanol–water partition coefficient (Wildman–Crippen LogP) is 4.23. The number of nitrogens with one attached hydrogen (secondary N) is 1. The Hall–Kier alpha value is -2.63. The number of aromatic nitrogens is 1. The van der Waals surface area contributed by atoms with Gasteiger partial charge in [-0.15, -0.1) is 10.2 Å². The molecule has 0 aliphatic rings. The molecule has 1 N–H and O–H groups in total. The van der Waals surface area contributed by atoms with Crippen LogP contribution in [-0.4, -0.2) is 24.7 Å². The van der Waals surface area contributed by atoms with E-state index in [2.05, 4.69) is 15.2 Å². The van der Waals surface area contributed by atoms with Gasteiger partial charge in [0.25, 0.3) is 0 Å². The van der Waals surface area contributed by atoms with Crippen LogP contribution in [0.25, 0.3) is 0 Å². The molecule has 1 heterocycles. The Balaban J connectivity index is 2.24. The monoisotopic (exact) mass is 301 g/mol. The topological polar surface area (TPSA) is 76.0 Å². The molecule has 0 saturated carbocycles. The van der Waals surface area contributed by atoms with Crippen molar-refractivity contribution in [1.82, 2.24) is 4.98 Å². The smallest absolute Gasteiger partial charge is 0.340 e. The molecule has 2 rings (SSSR count). The van der Waals surface area contributed by atoms with E-state index in [1.807, 2.05) is 26.0 Å². The van der Waals surface area contributed by atoms with Gasteiger partial charge < -0.3 is 14.5 Å². The van der Waals surface area contributed by atoms with Crippen LogP contribution < -0.4 is 4.74 Å². The molecule has 0 aliphatic carbocycles. The van der Waals surface area contributed by atoms with Crippen LogP contribution in [0.4, 0.5) is 11.5 Å². The summed E-state index contributed by atoms with van der Waals surface area (Å²) in [7, 11) is 1.61. The van der Waals surface area contributed by atoms with Crippen LogP contribution in [-0.2, 0) is 4.74 Å². The fraction of sp³-hybridized carbons (Fsp3) is 0.312. The van der Waals surface area contributed by atoms with Gasteiger partial charge in [-0.2, -0.15) is 0 Å². The Morgan fingerprint density at radius 3 is 2.45 bits per heavy atom. The number of nitrogens with zero attached hydrogens (tertiary/aromatic N) is 2. The van der Waals surface area contributed by atoms with E-state index in [-0.39, 0.29) is 5.97 Å². The van der Waals surface area contributed by atoms with Gasteiger partial charge in [-0.1, -0.05) is 0 Å². The average Bonchev–Trinajstić information content (AvgIpc) is 2.80. The molecule has 2 aromatic rings. The predicted molar refractivity (Wildman–Crippen MR) is 83.4 cm³/mol. The standard InChI is InChI=1S/C16H19N3O3/c1-5-22-16(20)14-10(2)15(17-11(14)3)19-18-12-6-8-13(21-4)9-7-12/h6-9,17H,5H2,1-4H3. The maximum absolute atomic E-state index is 11.9. The molecule has 0 unspecified atom stereocenters. The average molecular weight is 301 g/mol. The zero-order chi connectivity index (χ0) is 16.1. The fourth-order valence-electron chi connectivity index (χ4n) is 2.10. The van der Waals surface area contributed by atoms with Gasteiger partial charge in [-0.3, -0.25) is 0 Å². The fourth-order valence-corrected chi connectivity index (χ4v) is 2.10. The second kappa shape index (κ2) is 6.89. The number of aryl methyl sites for hydroxylation is 1. The molecular weight excluding hydrogens is 282 g/mol. The minimum Gasteiger partial charge on any atom is -0.497 e. The van der Waals surface area contributed by atoms with Crippen LogP contribution >= 0.6 is 0 Å². The van der Waals surface area contributed by atoms with E-state index in [1.165, 1.54) is 0 Å². The van der Waals surface area contributed by atoms with Crippen molar-refractivity contribution in [2.24, 2.45) is 10.2 Å². The van der Waals surface area contributed by atoms with Crippen LogP contribution in [0, 0.1) is 13.8 Å². The van der Waals surface area contributed by atoms with Gasteiger partial charge in [-0.05, 0) is 45.0 Å². The number of rotatable bonds is 5. The maximum atomic E-state index is 11.9. The van der Waals surface area contributed by atoms with Gasteiger partial charge in [0.1, 0.15) is 5.75 Å². The summed E-state index contributed by atoms with van der Waals surface area (Å²) in [5.74, 6) is 0.964. The molecule has 0 bridgehead atoms. The molecule has 116 valence electrons. The number of aromatic amines is 1. The summed E-state index contributed by atoms with van der Waals surface area (Å²) in [6.45, 7) is 5.74. The van der Waals surface area contributed by atoms with E-state index in [4.69, 9.17) is 9.47 Å². The van der Waals surface area contributed by atoms with E-state index in [0.717, 1.165) is 17.0 Å². The van der Waals surface area contributed by atoms with Crippen molar-refractivity contribution in [2.75, 3.05) is 13.7 Å². The lowest BCUT2D eigenvalue weighted by molar-refractivity contribution is 0.0525. The van der Waals surface area contributed by atoms with Crippen molar-refractivity contribution in [1.29, 1.82) is 0 Å². The van der Waals surface area contributed by atoms with Crippen LogP contribution in [0.15, 0.2) is 34.5 Å². The second-order valence-electron chi connectivity index (χ2n) is 4.72.